The van der Waals surface area contributed by atoms with Crippen molar-refractivity contribution < 1.29 is 18.7 Å². The van der Waals surface area contributed by atoms with Gasteiger partial charge in [-0.2, -0.15) is 0 Å². The van der Waals surface area contributed by atoms with Gasteiger partial charge in [-0.1, -0.05) is 30.3 Å². The van der Waals surface area contributed by atoms with Gasteiger partial charge in [0, 0.05) is 32.7 Å². The average Bonchev–Trinajstić information content (AvgIpc) is 3.12. The number of carbonyl (C=O) groups excluding carboxylic acids is 2. The number of hydrogen-bond donors (Lipinski definition) is 1. The molecule has 0 bridgehead atoms. The van der Waals surface area contributed by atoms with Crippen molar-refractivity contribution in [3.63, 3.8) is 0 Å². The van der Waals surface area contributed by atoms with Crippen LogP contribution in [0.4, 0.5) is 0 Å². The first-order chi connectivity index (χ1) is 13.5. The Labute approximate surface area is 166 Å². The van der Waals surface area contributed by atoms with Crippen LogP contribution in [0, 0.1) is 6.92 Å². The molecule has 6 heteroatoms. The van der Waals surface area contributed by atoms with Crippen molar-refractivity contribution >= 4 is 11.8 Å². The smallest absolute Gasteiger partial charge is 0.257 e. The van der Waals surface area contributed by atoms with Gasteiger partial charge in [0.25, 0.3) is 5.91 Å². The number of aryl methyl sites for hydroxylation is 2. The van der Waals surface area contributed by atoms with Crippen molar-refractivity contribution in [1.29, 1.82) is 0 Å². The van der Waals surface area contributed by atoms with Gasteiger partial charge in [-0.25, -0.2) is 0 Å². The van der Waals surface area contributed by atoms with Gasteiger partial charge < -0.3 is 19.4 Å². The molecule has 1 N–H and O–H groups in total. The highest BCUT2D eigenvalue weighted by atomic mass is 16.5. The summed E-state index contributed by atoms with van der Waals surface area (Å²) in [6.45, 7) is 4.94. The molecule has 2 amide bonds. The van der Waals surface area contributed by atoms with Gasteiger partial charge in [-0.15, -0.1) is 0 Å². The Hall–Kier alpha value is -2.60. The van der Waals surface area contributed by atoms with Crippen LogP contribution in [-0.2, 0) is 16.0 Å². The molecule has 0 fully saturated rings. The summed E-state index contributed by atoms with van der Waals surface area (Å²) in [6.07, 6.45) is 3.54. The summed E-state index contributed by atoms with van der Waals surface area (Å²) >= 11 is 0. The Kier molecular flexibility index (Phi) is 8.75. The lowest BCUT2D eigenvalue weighted by Gasteiger charge is -2.22. The van der Waals surface area contributed by atoms with E-state index in [9.17, 15) is 9.59 Å². The predicted molar refractivity (Wildman–Crippen MR) is 108 cm³/mol. The molecule has 2 rings (SSSR count). The predicted octanol–water partition coefficient (Wildman–Crippen LogP) is 3.20. The molecule has 2 aromatic rings. The third-order valence-electron chi connectivity index (χ3n) is 4.67. The number of furan rings is 1. The van der Waals surface area contributed by atoms with E-state index in [1.807, 2.05) is 25.1 Å². The molecule has 1 atom stereocenters. The number of amides is 2. The molecule has 0 saturated carbocycles. The average molecular weight is 386 g/mol. The van der Waals surface area contributed by atoms with Crippen molar-refractivity contribution in [2.45, 2.75) is 39.2 Å². The Bertz CT molecular complexity index is 742. The third-order valence-corrected chi connectivity index (χ3v) is 4.67. The molecule has 0 spiro atoms. The molecular formula is C22H30N2O4. The number of nitrogens with zero attached hydrogens (tertiary/aromatic N) is 1. The largest absolute Gasteiger partial charge is 0.469 e. The molecule has 1 aromatic carbocycles. The zero-order chi connectivity index (χ0) is 20.4. The quantitative estimate of drug-likeness (QED) is 0.644. The normalized spacial score (nSPS) is 11.8. The van der Waals surface area contributed by atoms with Gasteiger partial charge in [0.15, 0.2) is 0 Å². The van der Waals surface area contributed by atoms with Crippen LogP contribution < -0.4 is 5.32 Å². The number of benzene rings is 1. The first kappa shape index (κ1) is 21.7. The molecule has 28 heavy (non-hydrogen) atoms. The maximum absolute atomic E-state index is 12.7. The fraction of sp³-hybridized carbons (Fsp3) is 0.455. The van der Waals surface area contributed by atoms with E-state index in [0.717, 1.165) is 12.8 Å². The van der Waals surface area contributed by atoms with Gasteiger partial charge >= 0.3 is 0 Å². The van der Waals surface area contributed by atoms with E-state index in [1.165, 1.54) is 11.8 Å². The lowest BCUT2D eigenvalue weighted by molar-refractivity contribution is -0.121. The summed E-state index contributed by atoms with van der Waals surface area (Å²) < 4.78 is 10.3. The summed E-state index contributed by atoms with van der Waals surface area (Å²) in [5.74, 6) is 0.374. The summed E-state index contributed by atoms with van der Waals surface area (Å²) in [7, 11) is 1.59. The molecule has 0 radical (unpaired) electrons. The van der Waals surface area contributed by atoms with Crippen molar-refractivity contribution in [3.05, 3.63) is 59.5 Å². The number of rotatable bonds is 11. The van der Waals surface area contributed by atoms with Crippen LogP contribution >= 0.6 is 0 Å². The van der Waals surface area contributed by atoms with Crippen LogP contribution in [0.15, 0.2) is 47.1 Å². The van der Waals surface area contributed by atoms with Crippen LogP contribution in [-0.4, -0.2) is 49.6 Å². The SMILES string of the molecule is COCCN(CCC(=O)N[C@H](C)CCc1ccccc1)C(=O)c1ccoc1C. The van der Waals surface area contributed by atoms with Crippen LogP contribution in [0.2, 0.25) is 0 Å². The molecule has 6 nitrogen and oxygen atoms in total. The number of nitrogens with one attached hydrogen (secondary N) is 1. The minimum absolute atomic E-state index is 0.0558. The van der Waals surface area contributed by atoms with Crippen LogP contribution in [0.5, 0.6) is 0 Å². The first-order valence-electron chi connectivity index (χ1n) is 9.67. The van der Waals surface area contributed by atoms with E-state index in [4.69, 9.17) is 9.15 Å². The summed E-state index contributed by atoms with van der Waals surface area (Å²) in [5, 5.41) is 3.02. The van der Waals surface area contributed by atoms with E-state index in [-0.39, 0.29) is 24.3 Å². The van der Waals surface area contributed by atoms with E-state index in [0.29, 0.717) is 31.0 Å². The Morgan fingerprint density at radius 2 is 1.93 bits per heavy atom. The van der Waals surface area contributed by atoms with Crippen LogP contribution in [0.25, 0.3) is 0 Å². The molecule has 0 aliphatic carbocycles. The maximum Gasteiger partial charge on any atom is 0.257 e. The first-order valence-corrected chi connectivity index (χ1v) is 9.67. The van der Waals surface area contributed by atoms with Gasteiger partial charge in [-0.3, -0.25) is 9.59 Å². The minimum Gasteiger partial charge on any atom is -0.469 e. The topological polar surface area (TPSA) is 71.8 Å². The summed E-state index contributed by atoms with van der Waals surface area (Å²) in [6, 6.07) is 11.9. The number of ether oxygens (including phenoxy) is 1. The molecule has 0 unspecified atom stereocenters. The fourth-order valence-electron chi connectivity index (χ4n) is 2.98. The Morgan fingerprint density at radius 1 is 1.18 bits per heavy atom. The second-order valence-electron chi connectivity index (χ2n) is 6.92. The molecule has 0 saturated heterocycles. The second-order valence-corrected chi connectivity index (χ2v) is 6.92. The minimum atomic E-state index is -0.145. The highest BCUT2D eigenvalue weighted by Gasteiger charge is 2.20. The lowest BCUT2D eigenvalue weighted by atomic mass is 10.1. The van der Waals surface area contributed by atoms with Gasteiger partial charge in [-0.05, 0) is 38.3 Å². The molecule has 0 aliphatic heterocycles. The summed E-state index contributed by atoms with van der Waals surface area (Å²) in [5.41, 5.74) is 1.78. The third kappa shape index (κ3) is 6.85. The number of methoxy groups -OCH3 is 1. The maximum atomic E-state index is 12.7. The van der Waals surface area contributed by atoms with Gasteiger partial charge in [0.1, 0.15) is 5.76 Å². The van der Waals surface area contributed by atoms with Crippen LogP contribution in [0.1, 0.15) is 41.4 Å². The van der Waals surface area contributed by atoms with Crippen molar-refractivity contribution in [2.75, 3.05) is 26.8 Å². The number of carbonyl (C=O) groups is 2. The monoisotopic (exact) mass is 386 g/mol. The highest BCUT2D eigenvalue weighted by Crippen LogP contribution is 2.12. The lowest BCUT2D eigenvalue weighted by Crippen LogP contribution is -2.39. The fourth-order valence-corrected chi connectivity index (χ4v) is 2.98. The molecule has 0 aliphatic rings. The Balaban J connectivity index is 1.81. The van der Waals surface area contributed by atoms with Crippen molar-refractivity contribution in [2.24, 2.45) is 0 Å². The zero-order valence-electron chi connectivity index (χ0n) is 16.9. The standard InChI is InChI=1S/C22H30N2O4/c1-17(9-10-19-7-5-4-6-8-19)23-21(25)11-13-24(14-16-27-3)22(26)20-12-15-28-18(20)2/h4-8,12,15,17H,9-11,13-14,16H2,1-3H3,(H,23,25)/t17-/m1/s1. The zero-order valence-corrected chi connectivity index (χ0v) is 16.9. The van der Waals surface area contributed by atoms with E-state index in [1.54, 1.807) is 25.0 Å². The summed E-state index contributed by atoms with van der Waals surface area (Å²) in [4.78, 5) is 26.7. The molecule has 152 valence electrons. The van der Waals surface area contributed by atoms with E-state index in [2.05, 4.69) is 17.4 Å². The van der Waals surface area contributed by atoms with Gasteiger partial charge in [0.05, 0.1) is 18.4 Å². The number of hydrogen-bond acceptors (Lipinski definition) is 4. The van der Waals surface area contributed by atoms with E-state index < -0.39 is 0 Å². The van der Waals surface area contributed by atoms with Gasteiger partial charge in [0.2, 0.25) is 5.91 Å². The van der Waals surface area contributed by atoms with Crippen LogP contribution in [0.3, 0.4) is 0 Å². The van der Waals surface area contributed by atoms with E-state index >= 15 is 0 Å². The Morgan fingerprint density at radius 3 is 2.57 bits per heavy atom. The van der Waals surface area contributed by atoms with Crippen molar-refractivity contribution in [1.82, 2.24) is 10.2 Å². The van der Waals surface area contributed by atoms with Crippen molar-refractivity contribution in [3.8, 4) is 0 Å². The molecular weight excluding hydrogens is 356 g/mol. The second kappa shape index (κ2) is 11.3. The molecule has 1 heterocycles. The molecule has 1 aromatic heterocycles. The highest BCUT2D eigenvalue weighted by molar-refractivity contribution is 5.95.